The average molecular weight is 457 g/mol. The van der Waals surface area contributed by atoms with Gasteiger partial charge in [0.15, 0.2) is 0 Å². The van der Waals surface area contributed by atoms with E-state index in [1.165, 1.54) is 4.90 Å². The summed E-state index contributed by atoms with van der Waals surface area (Å²) in [5.74, 6) is 0.267. The van der Waals surface area contributed by atoms with Gasteiger partial charge in [-0.3, -0.25) is 9.59 Å². The van der Waals surface area contributed by atoms with Crippen LogP contribution in [0.15, 0.2) is 72.4 Å². The molecule has 174 valence electrons. The number of benzene rings is 3. The largest absolute Gasteiger partial charge is 0.497 e. The molecule has 34 heavy (non-hydrogen) atoms. The molecule has 0 fully saturated rings. The Labute approximate surface area is 199 Å². The van der Waals surface area contributed by atoms with Crippen molar-refractivity contribution >= 4 is 28.8 Å². The maximum absolute atomic E-state index is 13.8. The molecule has 1 aliphatic heterocycles. The summed E-state index contributed by atoms with van der Waals surface area (Å²) in [6, 6.07) is 20.1. The van der Waals surface area contributed by atoms with Crippen molar-refractivity contribution in [2.75, 3.05) is 17.3 Å². The lowest BCUT2D eigenvalue weighted by molar-refractivity contribution is -0.120. The highest BCUT2D eigenvalue weighted by Gasteiger charge is 2.41. The third-order valence-electron chi connectivity index (χ3n) is 5.69. The zero-order valence-electron chi connectivity index (χ0n) is 20.0. The number of aryl methyl sites for hydroxylation is 2. The highest BCUT2D eigenvalue weighted by atomic mass is 16.5. The van der Waals surface area contributed by atoms with Crippen LogP contribution >= 0.6 is 0 Å². The highest BCUT2D eigenvalue weighted by molar-refractivity contribution is 6.46. The third kappa shape index (κ3) is 4.39. The Morgan fingerprint density at radius 2 is 1.62 bits per heavy atom. The van der Waals surface area contributed by atoms with E-state index in [0.717, 1.165) is 11.1 Å². The molecule has 0 unspecified atom stereocenters. The van der Waals surface area contributed by atoms with E-state index in [4.69, 9.17) is 9.47 Å². The van der Waals surface area contributed by atoms with Gasteiger partial charge in [-0.1, -0.05) is 36.4 Å². The van der Waals surface area contributed by atoms with Crippen LogP contribution in [-0.4, -0.2) is 25.0 Å². The van der Waals surface area contributed by atoms with Gasteiger partial charge in [0, 0.05) is 11.8 Å². The van der Waals surface area contributed by atoms with Crippen LogP contribution in [0.25, 0.3) is 5.57 Å². The lowest BCUT2D eigenvalue weighted by Gasteiger charge is -2.20. The number of methoxy groups -OCH3 is 1. The second-order valence-electron chi connectivity index (χ2n) is 8.49. The van der Waals surface area contributed by atoms with Crippen molar-refractivity contribution in [1.29, 1.82) is 0 Å². The lowest BCUT2D eigenvalue weighted by Crippen LogP contribution is -2.33. The molecule has 1 aliphatic rings. The Hall–Kier alpha value is -4.06. The maximum atomic E-state index is 13.8. The van der Waals surface area contributed by atoms with Crippen molar-refractivity contribution in [3.63, 3.8) is 0 Å². The Morgan fingerprint density at radius 3 is 2.32 bits per heavy atom. The van der Waals surface area contributed by atoms with Crippen molar-refractivity contribution in [2.24, 2.45) is 0 Å². The Balaban J connectivity index is 1.85. The average Bonchev–Trinajstić information content (AvgIpc) is 3.05. The van der Waals surface area contributed by atoms with Gasteiger partial charge < -0.3 is 14.8 Å². The summed E-state index contributed by atoms with van der Waals surface area (Å²) in [5.41, 5.74) is 4.40. The summed E-state index contributed by atoms with van der Waals surface area (Å²) in [6.07, 6.45) is -0.115. The molecule has 0 aliphatic carbocycles. The summed E-state index contributed by atoms with van der Waals surface area (Å²) in [6.45, 7) is 7.80. The molecule has 6 heteroatoms. The second-order valence-corrected chi connectivity index (χ2v) is 8.49. The van der Waals surface area contributed by atoms with E-state index < -0.39 is 11.8 Å². The monoisotopic (exact) mass is 456 g/mol. The summed E-state index contributed by atoms with van der Waals surface area (Å²) in [7, 11) is 1.58. The van der Waals surface area contributed by atoms with Crippen LogP contribution in [-0.2, 0) is 9.59 Å². The van der Waals surface area contributed by atoms with E-state index in [2.05, 4.69) is 5.32 Å². The molecular formula is C28H28N2O4. The van der Waals surface area contributed by atoms with Crippen LogP contribution in [0.2, 0.25) is 0 Å². The number of ether oxygens (including phenoxy) is 2. The van der Waals surface area contributed by atoms with Gasteiger partial charge in [-0.25, -0.2) is 4.90 Å². The van der Waals surface area contributed by atoms with Gasteiger partial charge in [-0.05, 0) is 68.7 Å². The van der Waals surface area contributed by atoms with Gasteiger partial charge >= 0.3 is 0 Å². The first-order valence-corrected chi connectivity index (χ1v) is 11.2. The van der Waals surface area contributed by atoms with Crippen molar-refractivity contribution in [3.8, 4) is 11.5 Å². The van der Waals surface area contributed by atoms with Crippen LogP contribution in [0.5, 0.6) is 11.5 Å². The quantitative estimate of drug-likeness (QED) is 0.476. The number of imide groups is 1. The summed E-state index contributed by atoms with van der Waals surface area (Å²) in [5, 5.41) is 3.19. The molecule has 4 rings (SSSR count). The number of rotatable bonds is 7. The lowest BCUT2D eigenvalue weighted by atomic mass is 9.99. The molecule has 2 amide bonds. The molecular weight excluding hydrogens is 428 g/mol. The van der Waals surface area contributed by atoms with Crippen LogP contribution in [0.4, 0.5) is 11.4 Å². The van der Waals surface area contributed by atoms with Gasteiger partial charge in [0.1, 0.15) is 17.2 Å². The van der Waals surface area contributed by atoms with Gasteiger partial charge in [0.05, 0.1) is 24.5 Å². The van der Waals surface area contributed by atoms with Gasteiger partial charge in [0.25, 0.3) is 11.8 Å². The predicted octanol–water partition coefficient (Wildman–Crippen LogP) is 5.50. The van der Waals surface area contributed by atoms with E-state index in [9.17, 15) is 9.59 Å². The standard InChI is InChI=1S/C28H28N2O4/c1-17(2)34-24-12-7-6-11-23(24)30-27(31)25(20-14-13-18(3)19(4)15-20)26(28(30)32)29-21-9-8-10-22(16-21)33-5/h6-17,29H,1-5H3. The van der Waals surface area contributed by atoms with E-state index in [0.29, 0.717) is 34.0 Å². The van der Waals surface area contributed by atoms with Crippen LogP contribution in [0, 0.1) is 13.8 Å². The minimum Gasteiger partial charge on any atom is -0.497 e. The predicted molar refractivity (Wildman–Crippen MR) is 134 cm³/mol. The summed E-state index contributed by atoms with van der Waals surface area (Å²) in [4.78, 5) is 28.7. The Bertz CT molecular complexity index is 1290. The zero-order valence-corrected chi connectivity index (χ0v) is 20.0. The number of nitrogens with one attached hydrogen (secondary N) is 1. The van der Waals surface area contributed by atoms with E-state index in [-0.39, 0.29) is 11.8 Å². The van der Waals surface area contributed by atoms with Gasteiger partial charge in [0.2, 0.25) is 0 Å². The molecule has 0 saturated heterocycles. The van der Waals surface area contributed by atoms with Crippen molar-refractivity contribution in [2.45, 2.75) is 33.8 Å². The summed E-state index contributed by atoms with van der Waals surface area (Å²) < 4.78 is 11.2. The molecule has 0 spiro atoms. The first-order chi connectivity index (χ1) is 16.3. The molecule has 0 bridgehead atoms. The summed E-state index contributed by atoms with van der Waals surface area (Å²) >= 11 is 0. The van der Waals surface area contributed by atoms with Gasteiger partial charge in [-0.15, -0.1) is 0 Å². The van der Waals surface area contributed by atoms with Crippen LogP contribution in [0.1, 0.15) is 30.5 Å². The molecule has 0 radical (unpaired) electrons. The molecule has 6 nitrogen and oxygen atoms in total. The normalized spacial score (nSPS) is 13.6. The molecule has 0 aromatic heterocycles. The number of anilines is 2. The smallest absolute Gasteiger partial charge is 0.282 e. The van der Waals surface area contributed by atoms with Crippen molar-refractivity contribution in [3.05, 3.63) is 89.1 Å². The first kappa shape index (κ1) is 23.1. The SMILES string of the molecule is COc1cccc(NC2=C(c3ccc(C)c(C)c3)C(=O)N(c3ccccc3OC(C)C)C2=O)c1. The van der Waals surface area contributed by atoms with Gasteiger partial charge in [-0.2, -0.15) is 0 Å². The number of carbonyl (C=O) groups excluding carboxylic acids is 2. The Kier molecular flexibility index (Phi) is 6.41. The fourth-order valence-electron chi connectivity index (χ4n) is 3.87. The zero-order chi connectivity index (χ0) is 24.4. The molecule has 1 N–H and O–H groups in total. The number of nitrogens with zero attached hydrogens (tertiary/aromatic N) is 1. The first-order valence-electron chi connectivity index (χ1n) is 11.2. The minimum absolute atomic E-state index is 0.115. The van der Waals surface area contributed by atoms with Crippen LogP contribution in [0.3, 0.4) is 0 Å². The van der Waals surface area contributed by atoms with Crippen molar-refractivity contribution < 1.29 is 19.1 Å². The number of carbonyl (C=O) groups is 2. The van der Waals surface area contributed by atoms with E-state index in [1.807, 2.05) is 70.2 Å². The topological polar surface area (TPSA) is 67.9 Å². The molecule has 3 aromatic carbocycles. The molecule has 1 heterocycles. The fraction of sp³-hybridized carbons (Fsp3) is 0.214. The third-order valence-corrected chi connectivity index (χ3v) is 5.69. The number of amides is 2. The van der Waals surface area contributed by atoms with E-state index >= 15 is 0 Å². The fourth-order valence-corrected chi connectivity index (χ4v) is 3.87. The number of hydrogen-bond acceptors (Lipinski definition) is 5. The Morgan fingerprint density at radius 1 is 0.853 bits per heavy atom. The molecule has 0 saturated carbocycles. The number of para-hydroxylation sites is 2. The van der Waals surface area contributed by atoms with Crippen LogP contribution < -0.4 is 19.7 Å². The minimum atomic E-state index is -0.444. The van der Waals surface area contributed by atoms with E-state index in [1.54, 1.807) is 31.4 Å². The molecule has 3 aromatic rings. The highest BCUT2D eigenvalue weighted by Crippen LogP contribution is 2.38. The molecule has 0 atom stereocenters. The maximum Gasteiger partial charge on any atom is 0.282 e. The number of hydrogen-bond donors (Lipinski definition) is 1. The second kappa shape index (κ2) is 9.43. The van der Waals surface area contributed by atoms with Crippen molar-refractivity contribution in [1.82, 2.24) is 0 Å².